The number of nitrogens with zero attached hydrogens (tertiary/aromatic N) is 3. The topological polar surface area (TPSA) is 84.6 Å². The van der Waals surface area contributed by atoms with Gasteiger partial charge in [-0.3, -0.25) is 14.5 Å². The van der Waals surface area contributed by atoms with Crippen LogP contribution in [-0.4, -0.2) is 41.0 Å². The summed E-state index contributed by atoms with van der Waals surface area (Å²) in [5.41, 5.74) is 0.211. The van der Waals surface area contributed by atoms with Crippen molar-refractivity contribution < 1.29 is 27.9 Å². The van der Waals surface area contributed by atoms with Gasteiger partial charge in [0.05, 0.1) is 23.9 Å². The van der Waals surface area contributed by atoms with Crippen LogP contribution < -0.4 is 4.90 Å². The Kier molecular flexibility index (Phi) is 5.80. The summed E-state index contributed by atoms with van der Waals surface area (Å²) >= 11 is 0. The number of aliphatic hydroxyl groups is 1. The molecule has 1 aliphatic heterocycles. The van der Waals surface area contributed by atoms with Gasteiger partial charge in [0.15, 0.2) is 0 Å². The van der Waals surface area contributed by atoms with Crippen molar-refractivity contribution in [2.24, 2.45) is 0 Å². The molecule has 1 aliphatic rings. The smallest absolute Gasteiger partial charge is 0.270 e. The zero-order chi connectivity index (χ0) is 22.1. The maximum atomic E-state index is 14.3. The van der Waals surface area contributed by atoms with Crippen LogP contribution in [0.1, 0.15) is 23.6 Å². The monoisotopic (exact) mass is 417 g/mol. The molecule has 9 heteroatoms. The molecule has 0 bridgehead atoms. The van der Waals surface area contributed by atoms with Gasteiger partial charge in [0.1, 0.15) is 18.4 Å². The number of halogens is 3. The van der Waals surface area contributed by atoms with Crippen molar-refractivity contribution in [1.82, 2.24) is 4.90 Å². The van der Waals surface area contributed by atoms with Crippen molar-refractivity contribution in [3.63, 3.8) is 0 Å². The van der Waals surface area contributed by atoms with E-state index >= 15 is 0 Å². The summed E-state index contributed by atoms with van der Waals surface area (Å²) in [4.78, 5) is 27.6. The van der Waals surface area contributed by atoms with Crippen molar-refractivity contribution >= 4 is 17.5 Å². The van der Waals surface area contributed by atoms with Crippen LogP contribution in [0.4, 0.5) is 18.9 Å². The molecule has 1 atom stereocenters. The first-order chi connectivity index (χ1) is 14.2. The highest BCUT2D eigenvalue weighted by molar-refractivity contribution is 6.06. The molecule has 1 saturated heterocycles. The molecule has 2 aromatic carbocycles. The zero-order valence-electron chi connectivity index (χ0n) is 16.0. The van der Waals surface area contributed by atoms with Crippen molar-refractivity contribution in [3.05, 3.63) is 65.0 Å². The van der Waals surface area contributed by atoms with Crippen LogP contribution in [0.3, 0.4) is 0 Å². The summed E-state index contributed by atoms with van der Waals surface area (Å²) < 4.78 is 41.1. The predicted molar refractivity (Wildman–Crippen MR) is 101 cm³/mol. The van der Waals surface area contributed by atoms with E-state index in [0.29, 0.717) is 5.56 Å². The second-order valence-corrected chi connectivity index (χ2v) is 7.01. The number of carbonyl (C=O) groups is 2. The molecule has 0 spiro atoms. The molecule has 0 saturated carbocycles. The highest BCUT2D eigenvalue weighted by Crippen LogP contribution is 2.28. The quantitative estimate of drug-likeness (QED) is 0.811. The molecule has 30 heavy (non-hydrogen) atoms. The lowest BCUT2D eigenvalue weighted by molar-refractivity contribution is -0.145. The van der Waals surface area contributed by atoms with Crippen molar-refractivity contribution in [1.29, 1.82) is 5.26 Å². The first-order valence-corrected chi connectivity index (χ1v) is 9.04. The molecule has 1 unspecified atom stereocenters. The average Bonchev–Trinajstić information content (AvgIpc) is 2.70. The van der Waals surface area contributed by atoms with E-state index in [0.717, 1.165) is 22.8 Å². The average molecular weight is 417 g/mol. The minimum atomic E-state index is -3.01. The molecule has 156 valence electrons. The van der Waals surface area contributed by atoms with Gasteiger partial charge in [0.2, 0.25) is 5.91 Å². The van der Waals surface area contributed by atoms with E-state index in [-0.39, 0.29) is 23.4 Å². The van der Waals surface area contributed by atoms with Gasteiger partial charge >= 0.3 is 0 Å². The highest BCUT2D eigenvalue weighted by Gasteiger charge is 2.40. The summed E-state index contributed by atoms with van der Waals surface area (Å²) in [6.07, 6.45) is 0. The van der Waals surface area contributed by atoms with Crippen molar-refractivity contribution in [2.75, 3.05) is 18.1 Å². The Bertz CT molecular complexity index is 1010. The molecule has 2 aromatic rings. The number of amides is 2. The number of hydrogen-bond acceptors (Lipinski definition) is 4. The Labute approximate surface area is 170 Å². The fraction of sp³-hybridized carbons (Fsp3) is 0.286. The van der Waals surface area contributed by atoms with E-state index in [9.17, 15) is 27.9 Å². The predicted octanol–water partition coefficient (Wildman–Crippen LogP) is 2.55. The summed E-state index contributed by atoms with van der Waals surface area (Å²) in [5.74, 6) is -5.06. The number of hydrogen-bond donors (Lipinski definition) is 1. The van der Waals surface area contributed by atoms with E-state index in [1.54, 1.807) is 6.07 Å². The number of carbonyl (C=O) groups excluding carboxylic acids is 2. The Morgan fingerprint density at radius 2 is 1.87 bits per heavy atom. The Morgan fingerprint density at radius 3 is 2.40 bits per heavy atom. The lowest BCUT2D eigenvalue weighted by atomic mass is 10.0. The second-order valence-electron chi connectivity index (χ2n) is 7.01. The maximum absolute atomic E-state index is 14.3. The zero-order valence-corrected chi connectivity index (χ0v) is 16.0. The van der Waals surface area contributed by atoms with Crippen LogP contribution in [0.25, 0.3) is 0 Å². The van der Waals surface area contributed by atoms with Crippen LogP contribution in [0.5, 0.6) is 0 Å². The molecular weight excluding hydrogens is 399 g/mol. The standard InChI is InChI=1S/C21H18F3N3O3/c1-21(23,24)15-5-2-13(3-6-15)10-26-18(12-28)20(30)27(11-19(26)29)17-7-4-14(9-25)8-16(17)22/h2-8,18,28H,10-12H2,1H3. The summed E-state index contributed by atoms with van der Waals surface area (Å²) in [6.45, 7) is -0.449. The number of alkyl halides is 2. The molecule has 3 rings (SSSR count). The normalized spacial score (nSPS) is 17.3. The minimum absolute atomic E-state index is 0.0634. The number of rotatable bonds is 5. The molecule has 1 heterocycles. The SMILES string of the molecule is CC(F)(F)c1ccc(CN2C(=O)CN(c3ccc(C#N)cc3F)C(=O)C2CO)cc1. The summed E-state index contributed by atoms with van der Waals surface area (Å²) in [7, 11) is 0. The van der Waals surface area contributed by atoms with Gasteiger partial charge in [-0.15, -0.1) is 0 Å². The van der Waals surface area contributed by atoms with Crippen molar-refractivity contribution in [3.8, 4) is 6.07 Å². The third kappa shape index (κ3) is 4.14. The molecule has 0 aromatic heterocycles. The van der Waals surface area contributed by atoms with Gasteiger partial charge in [-0.1, -0.05) is 24.3 Å². The minimum Gasteiger partial charge on any atom is -0.394 e. The Morgan fingerprint density at radius 1 is 1.20 bits per heavy atom. The number of nitriles is 1. The number of piperazine rings is 1. The lowest BCUT2D eigenvalue weighted by Gasteiger charge is -2.39. The fourth-order valence-corrected chi connectivity index (χ4v) is 3.26. The number of benzene rings is 2. The van der Waals surface area contributed by atoms with E-state index in [1.165, 1.54) is 36.4 Å². The first-order valence-electron chi connectivity index (χ1n) is 9.04. The highest BCUT2D eigenvalue weighted by atomic mass is 19.3. The van der Waals surface area contributed by atoms with E-state index < -0.39 is 42.7 Å². The fourth-order valence-electron chi connectivity index (χ4n) is 3.26. The molecular formula is C21H18F3N3O3. The van der Waals surface area contributed by atoms with Gasteiger partial charge in [0, 0.05) is 19.0 Å². The van der Waals surface area contributed by atoms with Crippen LogP contribution in [0.15, 0.2) is 42.5 Å². The Hall–Kier alpha value is -3.38. The van der Waals surface area contributed by atoms with Crippen LogP contribution in [0, 0.1) is 17.1 Å². The summed E-state index contributed by atoms with van der Waals surface area (Å²) in [5, 5.41) is 18.6. The molecule has 1 fully saturated rings. The van der Waals surface area contributed by atoms with Gasteiger partial charge in [-0.2, -0.15) is 5.26 Å². The third-order valence-corrected chi connectivity index (χ3v) is 4.90. The molecule has 0 radical (unpaired) electrons. The van der Waals surface area contributed by atoms with Crippen LogP contribution >= 0.6 is 0 Å². The maximum Gasteiger partial charge on any atom is 0.270 e. The lowest BCUT2D eigenvalue weighted by Crippen LogP contribution is -2.61. The van der Waals surface area contributed by atoms with E-state index in [1.807, 2.05) is 0 Å². The van der Waals surface area contributed by atoms with Crippen molar-refractivity contribution in [2.45, 2.75) is 25.4 Å². The third-order valence-electron chi connectivity index (χ3n) is 4.90. The molecule has 2 amide bonds. The van der Waals surface area contributed by atoms with Gasteiger partial charge in [-0.25, -0.2) is 13.2 Å². The number of anilines is 1. The van der Waals surface area contributed by atoms with Gasteiger partial charge in [-0.05, 0) is 23.8 Å². The number of aliphatic hydroxyl groups excluding tert-OH is 1. The van der Waals surface area contributed by atoms with E-state index in [4.69, 9.17) is 5.26 Å². The Balaban J connectivity index is 1.84. The molecule has 6 nitrogen and oxygen atoms in total. The van der Waals surface area contributed by atoms with Crippen LogP contribution in [0.2, 0.25) is 0 Å². The van der Waals surface area contributed by atoms with Gasteiger partial charge < -0.3 is 10.0 Å². The molecule has 0 aliphatic carbocycles. The van der Waals surface area contributed by atoms with Gasteiger partial charge in [0.25, 0.3) is 11.8 Å². The molecule has 1 N–H and O–H groups in total. The van der Waals surface area contributed by atoms with Crippen LogP contribution in [-0.2, 0) is 22.1 Å². The second kappa shape index (κ2) is 8.16. The largest absolute Gasteiger partial charge is 0.394 e. The summed E-state index contributed by atoms with van der Waals surface area (Å²) in [6, 6.07) is 9.34. The first kappa shape index (κ1) is 21.3. The van der Waals surface area contributed by atoms with E-state index in [2.05, 4.69) is 0 Å².